The Morgan fingerprint density at radius 2 is 2.05 bits per heavy atom. The lowest BCUT2D eigenvalue weighted by Crippen LogP contribution is -2.36. The quantitative estimate of drug-likeness (QED) is 0.869. The highest BCUT2D eigenvalue weighted by molar-refractivity contribution is 6.31. The van der Waals surface area contributed by atoms with E-state index in [0.717, 1.165) is 31.7 Å². The molecule has 0 spiro atoms. The number of rotatable bonds is 4. The fraction of sp³-hybridized carbons (Fsp3) is 0.400. The van der Waals surface area contributed by atoms with Crippen LogP contribution >= 0.6 is 11.6 Å². The number of nitrogens with zero attached hydrogens (tertiary/aromatic N) is 4. The minimum absolute atomic E-state index is 0.524. The van der Waals surface area contributed by atoms with Gasteiger partial charge in [-0.15, -0.1) is 0 Å². The standard InChI is InChI=1S/C15H17ClN4O/c16-13-2-1-5-19-15(13)21-11-12-3-8-20(9-4-12)14-10-17-6-7-18-14/h1-2,5-7,10,12H,3-4,8-9,11H2. The summed E-state index contributed by atoms with van der Waals surface area (Å²) in [7, 11) is 0. The summed E-state index contributed by atoms with van der Waals surface area (Å²) in [5.74, 6) is 2.00. The summed E-state index contributed by atoms with van der Waals surface area (Å²) in [5.41, 5.74) is 0. The van der Waals surface area contributed by atoms with Crippen molar-refractivity contribution in [3.8, 4) is 5.88 Å². The average Bonchev–Trinajstić information content (AvgIpc) is 2.55. The molecule has 3 rings (SSSR count). The van der Waals surface area contributed by atoms with Gasteiger partial charge in [-0.1, -0.05) is 11.6 Å². The molecule has 5 nitrogen and oxygen atoms in total. The van der Waals surface area contributed by atoms with Crippen molar-refractivity contribution in [3.05, 3.63) is 41.9 Å². The molecule has 6 heteroatoms. The van der Waals surface area contributed by atoms with Crippen molar-refractivity contribution in [1.29, 1.82) is 0 Å². The maximum absolute atomic E-state index is 6.03. The topological polar surface area (TPSA) is 51.1 Å². The molecule has 0 unspecified atom stereocenters. The number of aromatic nitrogens is 3. The SMILES string of the molecule is Clc1cccnc1OCC1CCN(c2cnccn2)CC1. The van der Waals surface area contributed by atoms with Crippen molar-refractivity contribution < 1.29 is 4.74 Å². The zero-order chi connectivity index (χ0) is 14.5. The van der Waals surface area contributed by atoms with Crippen molar-refractivity contribution in [2.45, 2.75) is 12.8 Å². The second-order valence-corrected chi connectivity index (χ2v) is 5.50. The summed E-state index contributed by atoms with van der Waals surface area (Å²) < 4.78 is 5.73. The first-order valence-corrected chi connectivity index (χ1v) is 7.45. The molecule has 110 valence electrons. The van der Waals surface area contributed by atoms with Crippen LogP contribution in [0, 0.1) is 5.92 Å². The number of anilines is 1. The van der Waals surface area contributed by atoms with Gasteiger partial charge in [-0.05, 0) is 30.9 Å². The molecule has 2 aromatic rings. The minimum atomic E-state index is 0.524. The van der Waals surface area contributed by atoms with E-state index < -0.39 is 0 Å². The van der Waals surface area contributed by atoms with Gasteiger partial charge in [-0.25, -0.2) is 9.97 Å². The highest BCUT2D eigenvalue weighted by Crippen LogP contribution is 2.24. The fourth-order valence-corrected chi connectivity index (χ4v) is 2.63. The van der Waals surface area contributed by atoms with Gasteiger partial charge < -0.3 is 9.64 Å². The van der Waals surface area contributed by atoms with E-state index in [-0.39, 0.29) is 0 Å². The molecular formula is C15H17ClN4O. The zero-order valence-electron chi connectivity index (χ0n) is 11.7. The van der Waals surface area contributed by atoms with Crippen LogP contribution in [0.2, 0.25) is 5.02 Å². The third-order valence-corrected chi connectivity index (χ3v) is 3.96. The summed E-state index contributed by atoms with van der Waals surface area (Å²) in [6.07, 6.45) is 9.07. The predicted molar refractivity (Wildman–Crippen MR) is 81.7 cm³/mol. The summed E-state index contributed by atoms with van der Waals surface area (Å²) in [4.78, 5) is 14.9. The van der Waals surface area contributed by atoms with Gasteiger partial charge in [0.1, 0.15) is 10.8 Å². The van der Waals surface area contributed by atoms with Gasteiger partial charge in [-0.2, -0.15) is 0 Å². The van der Waals surface area contributed by atoms with Gasteiger partial charge >= 0.3 is 0 Å². The molecule has 0 atom stereocenters. The van der Waals surface area contributed by atoms with Crippen LogP contribution in [0.4, 0.5) is 5.82 Å². The van der Waals surface area contributed by atoms with E-state index in [9.17, 15) is 0 Å². The third kappa shape index (κ3) is 3.61. The largest absolute Gasteiger partial charge is 0.476 e. The van der Waals surface area contributed by atoms with E-state index in [1.54, 1.807) is 30.7 Å². The summed E-state index contributed by atoms with van der Waals surface area (Å²) in [6, 6.07) is 3.59. The first-order chi connectivity index (χ1) is 10.3. The number of halogens is 1. The Morgan fingerprint density at radius 3 is 2.76 bits per heavy atom. The Labute approximate surface area is 129 Å². The van der Waals surface area contributed by atoms with Crippen molar-refractivity contribution in [1.82, 2.24) is 15.0 Å². The maximum atomic E-state index is 6.03. The fourth-order valence-electron chi connectivity index (χ4n) is 2.46. The van der Waals surface area contributed by atoms with Crippen LogP contribution in [0.15, 0.2) is 36.9 Å². The lowest BCUT2D eigenvalue weighted by molar-refractivity contribution is 0.216. The van der Waals surface area contributed by atoms with Crippen LogP contribution < -0.4 is 9.64 Å². The van der Waals surface area contributed by atoms with Gasteiger partial charge in [0.25, 0.3) is 0 Å². The Morgan fingerprint density at radius 1 is 1.19 bits per heavy atom. The number of piperidine rings is 1. The smallest absolute Gasteiger partial charge is 0.232 e. The van der Waals surface area contributed by atoms with E-state index in [1.807, 2.05) is 6.20 Å². The molecule has 0 aliphatic carbocycles. The van der Waals surface area contributed by atoms with Crippen LogP contribution in [0.25, 0.3) is 0 Å². The monoisotopic (exact) mass is 304 g/mol. The van der Waals surface area contributed by atoms with E-state index in [0.29, 0.717) is 23.4 Å². The molecule has 3 heterocycles. The Kier molecular flexibility index (Phi) is 4.50. The van der Waals surface area contributed by atoms with E-state index in [4.69, 9.17) is 16.3 Å². The summed E-state index contributed by atoms with van der Waals surface area (Å²) >= 11 is 6.03. The van der Waals surface area contributed by atoms with Gasteiger partial charge in [0.15, 0.2) is 0 Å². The highest BCUT2D eigenvalue weighted by atomic mass is 35.5. The molecule has 0 radical (unpaired) electrons. The van der Waals surface area contributed by atoms with Crippen LogP contribution in [0.1, 0.15) is 12.8 Å². The highest BCUT2D eigenvalue weighted by Gasteiger charge is 2.21. The van der Waals surface area contributed by atoms with Crippen molar-refractivity contribution in [2.75, 3.05) is 24.6 Å². The molecule has 0 aromatic carbocycles. The van der Waals surface area contributed by atoms with Crippen LogP contribution in [-0.4, -0.2) is 34.6 Å². The third-order valence-electron chi connectivity index (χ3n) is 3.67. The molecule has 2 aromatic heterocycles. The first-order valence-electron chi connectivity index (χ1n) is 7.07. The van der Waals surface area contributed by atoms with Gasteiger partial charge in [-0.3, -0.25) is 4.98 Å². The number of pyridine rings is 1. The lowest BCUT2D eigenvalue weighted by Gasteiger charge is -2.32. The number of hydrogen-bond donors (Lipinski definition) is 0. The van der Waals surface area contributed by atoms with Crippen LogP contribution in [-0.2, 0) is 0 Å². The van der Waals surface area contributed by atoms with Crippen LogP contribution in [0.5, 0.6) is 5.88 Å². The number of ether oxygens (including phenoxy) is 1. The van der Waals surface area contributed by atoms with E-state index in [1.165, 1.54) is 0 Å². The summed E-state index contributed by atoms with van der Waals surface area (Å²) in [6.45, 7) is 2.61. The Hall–Kier alpha value is -1.88. The van der Waals surface area contributed by atoms with Crippen molar-refractivity contribution in [3.63, 3.8) is 0 Å². The van der Waals surface area contributed by atoms with Gasteiger partial charge in [0.05, 0.1) is 12.8 Å². The van der Waals surface area contributed by atoms with Crippen molar-refractivity contribution in [2.24, 2.45) is 5.92 Å². The normalized spacial score (nSPS) is 16.0. The molecule has 0 bridgehead atoms. The molecule has 1 saturated heterocycles. The average molecular weight is 305 g/mol. The Bertz CT molecular complexity index is 573. The van der Waals surface area contributed by atoms with Gasteiger partial charge in [0.2, 0.25) is 5.88 Å². The Balaban J connectivity index is 1.49. The van der Waals surface area contributed by atoms with Crippen LogP contribution in [0.3, 0.4) is 0 Å². The number of hydrogen-bond acceptors (Lipinski definition) is 5. The maximum Gasteiger partial charge on any atom is 0.232 e. The minimum Gasteiger partial charge on any atom is -0.476 e. The molecule has 1 fully saturated rings. The van der Waals surface area contributed by atoms with Crippen molar-refractivity contribution >= 4 is 17.4 Å². The lowest BCUT2D eigenvalue weighted by atomic mass is 9.98. The molecule has 0 saturated carbocycles. The molecule has 1 aliphatic rings. The second kappa shape index (κ2) is 6.72. The van der Waals surface area contributed by atoms with Gasteiger partial charge in [0, 0.05) is 31.7 Å². The first kappa shape index (κ1) is 14.1. The molecule has 1 aliphatic heterocycles. The second-order valence-electron chi connectivity index (χ2n) is 5.10. The van der Waals surface area contributed by atoms with E-state index >= 15 is 0 Å². The molecular weight excluding hydrogens is 288 g/mol. The molecule has 0 amide bonds. The molecule has 21 heavy (non-hydrogen) atoms. The summed E-state index contributed by atoms with van der Waals surface area (Å²) in [5, 5.41) is 0.564. The molecule has 0 N–H and O–H groups in total. The zero-order valence-corrected chi connectivity index (χ0v) is 12.4. The predicted octanol–water partition coefficient (Wildman–Crippen LogP) is 2.82. The van der Waals surface area contributed by atoms with E-state index in [2.05, 4.69) is 19.9 Å².